The molecule has 19 heavy (non-hydrogen) atoms. The lowest BCUT2D eigenvalue weighted by atomic mass is 9.94. The lowest BCUT2D eigenvalue weighted by molar-refractivity contribution is -0.384. The van der Waals surface area contributed by atoms with E-state index in [0.29, 0.717) is 24.3 Å². The van der Waals surface area contributed by atoms with Crippen LogP contribution in [0.2, 0.25) is 0 Å². The number of nitrogens with zero attached hydrogens (tertiary/aromatic N) is 2. The van der Waals surface area contributed by atoms with E-state index in [1.54, 1.807) is 13.0 Å². The largest absolute Gasteiger partial charge is 0.366 e. The van der Waals surface area contributed by atoms with E-state index in [0.717, 1.165) is 12.5 Å². The van der Waals surface area contributed by atoms with Crippen LogP contribution in [0, 0.1) is 28.8 Å². The van der Waals surface area contributed by atoms with E-state index in [4.69, 9.17) is 5.73 Å². The second-order valence-electron chi connectivity index (χ2n) is 5.22. The molecule has 6 heteroatoms. The van der Waals surface area contributed by atoms with Crippen molar-refractivity contribution in [1.29, 1.82) is 0 Å². The smallest absolute Gasteiger partial charge is 0.295 e. The Kier molecular flexibility index (Phi) is 3.71. The standard InChI is InChI=1S/C13H18FN3O2/c1-8-5-12(13(17(18)19)6-10(8)14)16-4-3-11(15)9(2)7-16/h5-6,9,11H,3-4,7,15H2,1-2H3. The second kappa shape index (κ2) is 5.13. The zero-order valence-corrected chi connectivity index (χ0v) is 11.1. The van der Waals surface area contributed by atoms with Gasteiger partial charge < -0.3 is 10.6 Å². The fourth-order valence-corrected chi connectivity index (χ4v) is 2.44. The second-order valence-corrected chi connectivity index (χ2v) is 5.22. The van der Waals surface area contributed by atoms with Crippen LogP contribution in [-0.2, 0) is 0 Å². The molecule has 2 unspecified atom stereocenters. The molecule has 0 aliphatic carbocycles. The minimum absolute atomic E-state index is 0.122. The zero-order chi connectivity index (χ0) is 14.2. The number of nitro benzene ring substituents is 1. The van der Waals surface area contributed by atoms with Crippen molar-refractivity contribution < 1.29 is 9.31 Å². The van der Waals surface area contributed by atoms with Crippen LogP contribution in [0.4, 0.5) is 15.8 Å². The van der Waals surface area contributed by atoms with Crippen molar-refractivity contribution in [2.24, 2.45) is 11.7 Å². The lowest BCUT2D eigenvalue weighted by Crippen LogP contribution is -2.46. The summed E-state index contributed by atoms with van der Waals surface area (Å²) in [5.41, 5.74) is 6.68. The number of anilines is 1. The summed E-state index contributed by atoms with van der Waals surface area (Å²) < 4.78 is 13.5. The molecule has 1 aromatic rings. The monoisotopic (exact) mass is 267 g/mol. The molecule has 2 rings (SSSR count). The highest BCUT2D eigenvalue weighted by Gasteiger charge is 2.28. The average molecular weight is 267 g/mol. The van der Waals surface area contributed by atoms with Gasteiger partial charge in [0.2, 0.25) is 0 Å². The summed E-state index contributed by atoms with van der Waals surface area (Å²) in [5.74, 6) is -0.282. The first-order valence-electron chi connectivity index (χ1n) is 6.35. The van der Waals surface area contributed by atoms with Crippen LogP contribution in [0.3, 0.4) is 0 Å². The Labute approximate surface area is 111 Å². The van der Waals surface area contributed by atoms with E-state index < -0.39 is 10.7 Å². The van der Waals surface area contributed by atoms with Crippen LogP contribution >= 0.6 is 0 Å². The average Bonchev–Trinajstić information content (AvgIpc) is 2.35. The van der Waals surface area contributed by atoms with Gasteiger partial charge in [-0.3, -0.25) is 10.1 Å². The van der Waals surface area contributed by atoms with E-state index >= 15 is 0 Å². The molecule has 1 aliphatic heterocycles. The quantitative estimate of drug-likeness (QED) is 0.658. The third-order valence-electron chi connectivity index (χ3n) is 3.76. The molecule has 1 heterocycles. The van der Waals surface area contributed by atoms with E-state index in [-0.39, 0.29) is 17.6 Å². The highest BCUT2D eigenvalue weighted by Crippen LogP contribution is 2.33. The summed E-state index contributed by atoms with van der Waals surface area (Å²) in [6.07, 6.45) is 0.786. The summed E-state index contributed by atoms with van der Waals surface area (Å²) >= 11 is 0. The molecule has 0 aromatic heterocycles. The molecule has 0 amide bonds. The van der Waals surface area contributed by atoms with E-state index in [1.807, 2.05) is 11.8 Å². The predicted molar refractivity (Wildman–Crippen MR) is 71.8 cm³/mol. The number of hydrogen-bond donors (Lipinski definition) is 1. The van der Waals surface area contributed by atoms with Gasteiger partial charge in [-0.15, -0.1) is 0 Å². The van der Waals surface area contributed by atoms with Crippen molar-refractivity contribution in [1.82, 2.24) is 0 Å². The third-order valence-corrected chi connectivity index (χ3v) is 3.76. The summed E-state index contributed by atoms with van der Waals surface area (Å²) in [7, 11) is 0. The van der Waals surface area contributed by atoms with Crippen molar-refractivity contribution in [3.05, 3.63) is 33.6 Å². The number of nitrogens with two attached hydrogens (primary N) is 1. The van der Waals surface area contributed by atoms with Crippen LogP contribution in [-0.4, -0.2) is 24.1 Å². The third kappa shape index (κ3) is 2.68. The molecular formula is C13H18FN3O2. The molecule has 0 saturated carbocycles. The fraction of sp³-hybridized carbons (Fsp3) is 0.538. The molecule has 0 bridgehead atoms. The highest BCUT2D eigenvalue weighted by molar-refractivity contribution is 5.65. The number of hydrogen-bond acceptors (Lipinski definition) is 4. The van der Waals surface area contributed by atoms with Crippen LogP contribution in [0.1, 0.15) is 18.9 Å². The van der Waals surface area contributed by atoms with Crippen molar-refractivity contribution in [3.63, 3.8) is 0 Å². The van der Waals surface area contributed by atoms with Crippen molar-refractivity contribution >= 4 is 11.4 Å². The van der Waals surface area contributed by atoms with Crippen molar-refractivity contribution in [3.8, 4) is 0 Å². The Hall–Kier alpha value is -1.69. The first-order chi connectivity index (χ1) is 8.90. The maximum absolute atomic E-state index is 13.5. The molecule has 2 N–H and O–H groups in total. The first kappa shape index (κ1) is 13.7. The Balaban J connectivity index is 2.38. The molecule has 1 fully saturated rings. The number of piperidine rings is 1. The fourth-order valence-electron chi connectivity index (χ4n) is 2.44. The minimum Gasteiger partial charge on any atom is -0.366 e. The number of aryl methyl sites for hydroxylation is 1. The van der Waals surface area contributed by atoms with Crippen molar-refractivity contribution in [2.75, 3.05) is 18.0 Å². The van der Waals surface area contributed by atoms with Crippen molar-refractivity contribution in [2.45, 2.75) is 26.3 Å². The molecule has 1 aliphatic rings. The van der Waals surface area contributed by atoms with Crippen LogP contribution in [0.15, 0.2) is 12.1 Å². The topological polar surface area (TPSA) is 72.4 Å². The Morgan fingerprint density at radius 3 is 2.79 bits per heavy atom. The van der Waals surface area contributed by atoms with Gasteiger partial charge in [0.15, 0.2) is 0 Å². The van der Waals surface area contributed by atoms with Crippen LogP contribution in [0.25, 0.3) is 0 Å². The molecule has 104 valence electrons. The molecule has 5 nitrogen and oxygen atoms in total. The van der Waals surface area contributed by atoms with Gasteiger partial charge in [0.05, 0.1) is 11.0 Å². The molecule has 0 spiro atoms. The zero-order valence-electron chi connectivity index (χ0n) is 11.1. The highest BCUT2D eigenvalue weighted by atomic mass is 19.1. The first-order valence-corrected chi connectivity index (χ1v) is 6.35. The van der Waals surface area contributed by atoms with Gasteiger partial charge in [-0.2, -0.15) is 0 Å². The van der Waals surface area contributed by atoms with E-state index in [1.165, 1.54) is 0 Å². The summed E-state index contributed by atoms with van der Waals surface area (Å²) in [5, 5.41) is 11.1. The number of benzene rings is 1. The van der Waals surface area contributed by atoms with Gasteiger partial charge in [0.1, 0.15) is 11.5 Å². The summed E-state index contributed by atoms with van der Waals surface area (Å²) in [6, 6.07) is 2.68. The van der Waals surface area contributed by atoms with Crippen LogP contribution < -0.4 is 10.6 Å². The summed E-state index contributed by atoms with van der Waals surface area (Å²) in [4.78, 5) is 12.5. The number of rotatable bonds is 2. The Bertz CT molecular complexity index is 507. The van der Waals surface area contributed by atoms with Gasteiger partial charge in [-0.1, -0.05) is 6.92 Å². The number of halogens is 1. The van der Waals surface area contributed by atoms with Gasteiger partial charge in [-0.25, -0.2) is 4.39 Å². The van der Waals surface area contributed by atoms with Crippen LogP contribution in [0.5, 0.6) is 0 Å². The Morgan fingerprint density at radius 1 is 1.53 bits per heavy atom. The number of nitro groups is 1. The molecule has 1 aromatic carbocycles. The van der Waals surface area contributed by atoms with Gasteiger partial charge in [-0.05, 0) is 30.9 Å². The summed E-state index contributed by atoms with van der Waals surface area (Å²) in [6.45, 7) is 4.96. The molecular weight excluding hydrogens is 249 g/mol. The normalized spacial score (nSPS) is 23.5. The Morgan fingerprint density at radius 2 is 2.21 bits per heavy atom. The van der Waals surface area contributed by atoms with Gasteiger partial charge in [0, 0.05) is 19.1 Å². The predicted octanol–water partition coefficient (Wildman–Crippen LogP) is 2.22. The lowest BCUT2D eigenvalue weighted by Gasteiger charge is -2.36. The van der Waals surface area contributed by atoms with E-state index in [9.17, 15) is 14.5 Å². The SMILES string of the molecule is Cc1cc(N2CCC(N)C(C)C2)c([N+](=O)[O-])cc1F. The molecule has 0 radical (unpaired) electrons. The molecule has 1 saturated heterocycles. The van der Waals surface area contributed by atoms with E-state index in [2.05, 4.69) is 0 Å². The minimum atomic E-state index is -0.544. The van der Waals surface area contributed by atoms with Gasteiger partial charge in [0.25, 0.3) is 5.69 Å². The maximum Gasteiger partial charge on any atom is 0.295 e. The van der Waals surface area contributed by atoms with Gasteiger partial charge >= 0.3 is 0 Å². The molecule has 2 atom stereocenters. The maximum atomic E-state index is 13.5.